The standard InChI is InChI=1S/C19H21ClN2O4S.C19H20ClNO2/c1-19(2)16(11-4-7-13(8-5-11)27(21,24)25)17(19)22-18(23)14-10-12(20)6-9-15(14)26-3;1-19(2)16(12-7-5-4-6-8-12)17(19)21-18(22)14-11-13(20)9-10-15(14)23-3/h4-10,16-17H,1-3H3,(H,22,23)(H2,21,24,25);4-11,16-17H,1-3H3,(H,21,22)/t2*16-,17+/m11/s1. The smallest absolute Gasteiger partial charge is 0.255 e. The zero-order valence-corrected chi connectivity index (χ0v) is 31.0. The fourth-order valence-electron chi connectivity index (χ4n) is 6.74. The molecule has 9 nitrogen and oxygen atoms in total. The average Bonchev–Trinajstić information content (AvgIpc) is 3.84. The van der Waals surface area contributed by atoms with Gasteiger partial charge in [0.15, 0.2) is 0 Å². The van der Waals surface area contributed by atoms with Crippen molar-refractivity contribution >= 4 is 45.0 Å². The van der Waals surface area contributed by atoms with Crippen LogP contribution in [0.25, 0.3) is 0 Å². The number of ether oxygens (including phenoxy) is 2. The van der Waals surface area contributed by atoms with Crippen molar-refractivity contribution in [3.63, 3.8) is 0 Å². The van der Waals surface area contributed by atoms with Crippen LogP contribution in [0.1, 0.15) is 71.4 Å². The lowest BCUT2D eigenvalue weighted by Crippen LogP contribution is -2.29. The van der Waals surface area contributed by atoms with Gasteiger partial charge in [-0.15, -0.1) is 0 Å². The first-order valence-electron chi connectivity index (χ1n) is 16.0. The van der Waals surface area contributed by atoms with Gasteiger partial charge in [-0.2, -0.15) is 0 Å². The number of nitrogens with two attached hydrogens (primary N) is 1. The predicted molar refractivity (Wildman–Crippen MR) is 196 cm³/mol. The Morgan fingerprint density at radius 2 is 1.06 bits per heavy atom. The van der Waals surface area contributed by atoms with Crippen LogP contribution in [-0.2, 0) is 10.0 Å². The molecule has 0 aromatic heterocycles. The third-order valence-corrected chi connectivity index (χ3v) is 11.2. The second-order valence-corrected chi connectivity index (χ2v) is 16.1. The Morgan fingerprint density at radius 1 is 0.660 bits per heavy atom. The van der Waals surface area contributed by atoms with Crippen molar-refractivity contribution < 1.29 is 27.5 Å². The van der Waals surface area contributed by atoms with E-state index in [9.17, 15) is 18.0 Å². The quantitative estimate of drug-likeness (QED) is 0.166. The highest BCUT2D eigenvalue weighted by molar-refractivity contribution is 7.89. The number of methoxy groups -OCH3 is 2. The molecule has 2 aliphatic carbocycles. The lowest BCUT2D eigenvalue weighted by atomic mass is 10.0. The molecule has 2 saturated carbocycles. The largest absolute Gasteiger partial charge is 0.496 e. The summed E-state index contributed by atoms with van der Waals surface area (Å²) in [5.41, 5.74) is 2.88. The van der Waals surface area contributed by atoms with E-state index in [1.54, 1.807) is 55.6 Å². The zero-order valence-electron chi connectivity index (χ0n) is 28.7. The molecule has 50 heavy (non-hydrogen) atoms. The van der Waals surface area contributed by atoms with Gasteiger partial charge in [0.2, 0.25) is 10.0 Å². The highest BCUT2D eigenvalue weighted by Gasteiger charge is 2.60. The maximum atomic E-state index is 12.7. The van der Waals surface area contributed by atoms with Crippen LogP contribution >= 0.6 is 23.2 Å². The van der Waals surface area contributed by atoms with E-state index < -0.39 is 10.0 Å². The van der Waals surface area contributed by atoms with Gasteiger partial charge < -0.3 is 20.1 Å². The number of hydrogen-bond acceptors (Lipinski definition) is 6. The zero-order chi connectivity index (χ0) is 36.6. The molecule has 264 valence electrons. The molecule has 4 atom stereocenters. The van der Waals surface area contributed by atoms with Crippen LogP contribution in [0, 0.1) is 10.8 Å². The number of halogens is 2. The number of primary sulfonamides is 1. The topological polar surface area (TPSA) is 137 Å². The minimum absolute atomic E-state index is 0.0306. The van der Waals surface area contributed by atoms with Crippen molar-refractivity contribution in [2.24, 2.45) is 16.0 Å². The molecule has 2 fully saturated rings. The fourth-order valence-corrected chi connectivity index (χ4v) is 7.60. The maximum absolute atomic E-state index is 12.7. The number of amides is 2. The van der Waals surface area contributed by atoms with Gasteiger partial charge in [0.25, 0.3) is 11.8 Å². The molecule has 0 radical (unpaired) electrons. The minimum atomic E-state index is -3.73. The summed E-state index contributed by atoms with van der Waals surface area (Å²) in [7, 11) is -0.684. The van der Waals surface area contributed by atoms with Gasteiger partial charge in [-0.25, -0.2) is 13.6 Å². The Morgan fingerprint density at radius 3 is 1.44 bits per heavy atom. The lowest BCUT2D eigenvalue weighted by molar-refractivity contribution is 0.0934. The van der Waals surface area contributed by atoms with Crippen LogP contribution in [-0.4, -0.2) is 46.5 Å². The van der Waals surface area contributed by atoms with Crippen molar-refractivity contribution in [1.29, 1.82) is 0 Å². The molecule has 6 rings (SSSR count). The van der Waals surface area contributed by atoms with Gasteiger partial charge in [-0.1, -0.05) is 93.4 Å². The molecule has 4 aromatic carbocycles. The van der Waals surface area contributed by atoms with E-state index in [-0.39, 0.29) is 45.5 Å². The van der Waals surface area contributed by atoms with Crippen molar-refractivity contribution in [1.82, 2.24) is 10.6 Å². The molecule has 4 aromatic rings. The summed E-state index contributed by atoms with van der Waals surface area (Å²) in [6, 6.07) is 26.7. The molecular weight excluding hydrogens is 697 g/mol. The van der Waals surface area contributed by atoms with E-state index >= 15 is 0 Å². The third-order valence-electron chi connectivity index (χ3n) is 9.77. The Hall–Kier alpha value is -4.09. The first-order valence-corrected chi connectivity index (χ1v) is 18.3. The van der Waals surface area contributed by atoms with E-state index in [0.29, 0.717) is 38.6 Å². The summed E-state index contributed by atoms with van der Waals surface area (Å²) in [4.78, 5) is 25.4. The van der Waals surface area contributed by atoms with E-state index in [4.69, 9.17) is 37.8 Å². The van der Waals surface area contributed by atoms with E-state index in [1.807, 2.05) is 32.0 Å². The van der Waals surface area contributed by atoms with Gasteiger partial charge in [-0.05, 0) is 70.5 Å². The van der Waals surface area contributed by atoms with Crippen LogP contribution < -0.4 is 25.2 Å². The molecule has 0 saturated heterocycles. The van der Waals surface area contributed by atoms with E-state index in [0.717, 1.165) is 5.56 Å². The molecule has 12 heteroatoms. The number of sulfonamides is 1. The lowest BCUT2D eigenvalue weighted by Gasteiger charge is -2.10. The van der Waals surface area contributed by atoms with Crippen molar-refractivity contribution in [3.8, 4) is 11.5 Å². The third kappa shape index (κ3) is 7.78. The monoisotopic (exact) mass is 737 g/mol. The predicted octanol–water partition coefficient (Wildman–Crippen LogP) is 7.19. The number of carbonyl (C=O) groups is 2. The Balaban J connectivity index is 0.000000197. The maximum Gasteiger partial charge on any atom is 0.255 e. The summed E-state index contributed by atoms with van der Waals surface area (Å²) >= 11 is 12.0. The normalized spacial score (nSPS) is 21.1. The Kier molecular flexibility index (Phi) is 10.6. The van der Waals surface area contributed by atoms with Gasteiger partial charge in [-0.3, -0.25) is 9.59 Å². The highest BCUT2D eigenvalue weighted by Crippen LogP contribution is 2.59. The highest BCUT2D eigenvalue weighted by atomic mass is 35.5. The fraction of sp³-hybridized carbons (Fsp3) is 0.316. The number of benzene rings is 4. The summed E-state index contributed by atoms with van der Waals surface area (Å²) in [6.45, 7) is 8.44. The van der Waals surface area contributed by atoms with E-state index in [1.165, 1.54) is 24.8 Å². The van der Waals surface area contributed by atoms with Crippen LogP contribution in [0.2, 0.25) is 10.0 Å². The van der Waals surface area contributed by atoms with E-state index in [2.05, 4.69) is 36.6 Å². The molecule has 0 spiro atoms. The van der Waals surface area contributed by atoms with Crippen LogP contribution in [0.4, 0.5) is 0 Å². The van der Waals surface area contributed by atoms with Gasteiger partial charge >= 0.3 is 0 Å². The summed E-state index contributed by atoms with van der Waals surface area (Å²) in [5, 5.41) is 12.3. The summed E-state index contributed by atoms with van der Waals surface area (Å²) in [5.74, 6) is 0.932. The van der Waals surface area contributed by atoms with Crippen molar-refractivity contribution in [2.75, 3.05) is 14.2 Å². The van der Waals surface area contributed by atoms with Crippen LogP contribution in [0.15, 0.2) is 95.9 Å². The minimum Gasteiger partial charge on any atom is -0.496 e. The average molecular weight is 739 g/mol. The molecule has 2 amide bonds. The molecular formula is C38H41Cl2N3O6S. The number of hydrogen-bond donors (Lipinski definition) is 3. The number of carbonyl (C=O) groups excluding carboxylic acids is 2. The van der Waals surface area contributed by atoms with Crippen LogP contribution in [0.5, 0.6) is 11.5 Å². The Labute approximate surface area is 303 Å². The molecule has 0 aliphatic heterocycles. The Bertz CT molecular complexity index is 2000. The second-order valence-electron chi connectivity index (χ2n) is 13.7. The molecule has 0 unspecified atom stereocenters. The summed E-state index contributed by atoms with van der Waals surface area (Å²) in [6.07, 6.45) is 0. The second kappa shape index (κ2) is 14.3. The van der Waals surface area contributed by atoms with Gasteiger partial charge in [0, 0.05) is 34.0 Å². The number of nitrogens with one attached hydrogen (secondary N) is 2. The van der Waals surface area contributed by atoms with Crippen molar-refractivity contribution in [3.05, 3.63) is 123 Å². The molecule has 4 N–H and O–H groups in total. The molecule has 0 bridgehead atoms. The van der Waals surface area contributed by atoms with Gasteiger partial charge in [0.05, 0.1) is 30.2 Å². The first kappa shape index (κ1) is 37.2. The van der Waals surface area contributed by atoms with Crippen molar-refractivity contribution in [2.45, 2.75) is 56.5 Å². The molecule has 2 aliphatic rings. The first-order chi connectivity index (χ1) is 23.5. The van der Waals surface area contributed by atoms with Gasteiger partial charge in [0.1, 0.15) is 11.5 Å². The SMILES string of the molecule is COc1ccc(Cl)cc1C(=O)N[C@H]1[C@@H](c2ccc(S(N)(=O)=O)cc2)C1(C)C.COc1ccc(Cl)cc1C(=O)N[C@H]1[C@@H](c2ccccc2)C1(C)C. The number of rotatable bonds is 9. The molecule has 0 heterocycles. The van der Waals surface area contributed by atoms with Crippen LogP contribution in [0.3, 0.4) is 0 Å². The summed E-state index contributed by atoms with van der Waals surface area (Å²) < 4.78 is 33.3.